The molecule has 0 bridgehead atoms. The third-order valence-corrected chi connectivity index (χ3v) is 5.73. The summed E-state index contributed by atoms with van der Waals surface area (Å²) in [6.07, 6.45) is 0.464. The molecule has 0 amide bonds. The molecule has 0 fully saturated rings. The molecule has 2 aromatic carbocycles. The topological polar surface area (TPSA) is 103 Å². The summed E-state index contributed by atoms with van der Waals surface area (Å²) in [6, 6.07) is 8.74. The fourth-order valence-electron chi connectivity index (χ4n) is 3.04. The van der Waals surface area contributed by atoms with Crippen LogP contribution in [0.25, 0.3) is 10.9 Å². The zero-order valence-electron chi connectivity index (χ0n) is 18.5. The minimum atomic E-state index is -1.09. The lowest BCUT2D eigenvalue weighted by atomic mass is 10.2. The van der Waals surface area contributed by atoms with E-state index in [1.54, 1.807) is 24.3 Å². The summed E-state index contributed by atoms with van der Waals surface area (Å²) in [5.41, 5.74) is 0.950. The molecule has 1 aromatic heterocycles. The van der Waals surface area contributed by atoms with Gasteiger partial charge >= 0.3 is 5.97 Å². The third kappa shape index (κ3) is 5.62. The molecule has 3 aromatic rings. The highest BCUT2D eigenvalue weighted by Crippen LogP contribution is 2.37. The van der Waals surface area contributed by atoms with E-state index >= 15 is 0 Å². The number of carboxylic acids is 1. The first-order valence-electron chi connectivity index (χ1n) is 10.2. The summed E-state index contributed by atoms with van der Waals surface area (Å²) in [5.74, 6) is 0.0397. The lowest BCUT2D eigenvalue weighted by Gasteiger charge is -2.17. The first kappa shape index (κ1) is 24.9. The quantitative estimate of drug-likeness (QED) is 0.368. The van der Waals surface area contributed by atoms with Crippen LogP contribution in [0.15, 0.2) is 49.2 Å². The second kappa shape index (κ2) is 10.5. The summed E-state index contributed by atoms with van der Waals surface area (Å²) in [6.45, 7) is 7.48. The summed E-state index contributed by atoms with van der Waals surface area (Å²) < 4.78 is 13.8. The van der Waals surface area contributed by atoms with E-state index in [1.807, 2.05) is 26.8 Å². The Hall–Kier alpha value is -2.72. The SMILES string of the molecule is CCOc1cc(C=Nn2c(C(C)C)nc3ccc(Br)cc3c2=O)cc(Br)c1O[C@H](C)C(=O)O. The van der Waals surface area contributed by atoms with E-state index in [2.05, 4.69) is 41.9 Å². The number of halogens is 2. The van der Waals surface area contributed by atoms with E-state index in [-0.39, 0.29) is 17.2 Å². The lowest BCUT2D eigenvalue weighted by Crippen LogP contribution is -2.23. The van der Waals surface area contributed by atoms with Crippen molar-refractivity contribution in [3.63, 3.8) is 0 Å². The van der Waals surface area contributed by atoms with Crippen molar-refractivity contribution < 1.29 is 19.4 Å². The number of carbonyl (C=O) groups is 1. The van der Waals surface area contributed by atoms with Crippen LogP contribution in [0, 0.1) is 0 Å². The molecule has 0 unspecified atom stereocenters. The van der Waals surface area contributed by atoms with Gasteiger partial charge in [-0.25, -0.2) is 9.78 Å². The molecule has 10 heteroatoms. The molecule has 0 saturated heterocycles. The molecular formula is C23H23Br2N3O5. The molecule has 0 radical (unpaired) electrons. The zero-order valence-corrected chi connectivity index (χ0v) is 21.7. The Morgan fingerprint density at radius 1 is 1.24 bits per heavy atom. The normalized spacial score (nSPS) is 12.5. The summed E-state index contributed by atoms with van der Waals surface area (Å²) in [4.78, 5) is 29.0. The van der Waals surface area contributed by atoms with Gasteiger partial charge < -0.3 is 14.6 Å². The van der Waals surface area contributed by atoms with E-state index in [4.69, 9.17) is 14.6 Å². The molecule has 1 heterocycles. The molecule has 1 N–H and O–H groups in total. The first-order chi connectivity index (χ1) is 15.6. The summed E-state index contributed by atoms with van der Waals surface area (Å²) >= 11 is 6.81. The average Bonchev–Trinajstić information content (AvgIpc) is 2.75. The molecule has 174 valence electrons. The van der Waals surface area contributed by atoms with E-state index in [9.17, 15) is 9.59 Å². The van der Waals surface area contributed by atoms with Crippen molar-refractivity contribution in [2.24, 2.45) is 5.10 Å². The van der Waals surface area contributed by atoms with E-state index in [0.717, 1.165) is 4.47 Å². The number of ether oxygens (including phenoxy) is 2. The van der Waals surface area contributed by atoms with Crippen molar-refractivity contribution >= 4 is 54.9 Å². The van der Waals surface area contributed by atoms with Crippen molar-refractivity contribution in [3.05, 3.63) is 61.0 Å². The molecule has 1 atom stereocenters. The second-order valence-corrected chi connectivity index (χ2v) is 9.28. The minimum absolute atomic E-state index is 0.0399. The Balaban J connectivity index is 2.09. The van der Waals surface area contributed by atoms with Gasteiger partial charge in [-0.3, -0.25) is 4.79 Å². The van der Waals surface area contributed by atoms with Gasteiger partial charge in [-0.2, -0.15) is 9.78 Å². The number of aliphatic carboxylic acids is 1. The minimum Gasteiger partial charge on any atom is -0.490 e. The molecular weight excluding hydrogens is 558 g/mol. The second-order valence-electron chi connectivity index (χ2n) is 7.51. The summed E-state index contributed by atoms with van der Waals surface area (Å²) in [5, 5.41) is 14.0. The van der Waals surface area contributed by atoms with Crippen LogP contribution in [0.4, 0.5) is 0 Å². The van der Waals surface area contributed by atoms with Crippen molar-refractivity contribution in [2.75, 3.05) is 6.61 Å². The van der Waals surface area contributed by atoms with Crippen LogP contribution < -0.4 is 15.0 Å². The smallest absolute Gasteiger partial charge is 0.344 e. The van der Waals surface area contributed by atoms with Crippen LogP contribution in [-0.4, -0.2) is 39.7 Å². The maximum absolute atomic E-state index is 13.2. The highest BCUT2D eigenvalue weighted by atomic mass is 79.9. The predicted molar refractivity (Wildman–Crippen MR) is 134 cm³/mol. The Morgan fingerprint density at radius 2 is 1.97 bits per heavy atom. The Labute approximate surface area is 207 Å². The molecule has 0 aliphatic rings. The predicted octanol–water partition coefficient (Wildman–Crippen LogP) is 5.18. The van der Waals surface area contributed by atoms with Gasteiger partial charge in [0.05, 0.1) is 28.2 Å². The first-order valence-corrected chi connectivity index (χ1v) is 11.8. The molecule has 33 heavy (non-hydrogen) atoms. The lowest BCUT2D eigenvalue weighted by molar-refractivity contribution is -0.144. The van der Waals surface area contributed by atoms with Crippen LogP contribution in [0.3, 0.4) is 0 Å². The number of carboxylic acid groups (broad SMARTS) is 1. The van der Waals surface area contributed by atoms with Gasteiger partial charge in [0.25, 0.3) is 5.56 Å². The third-order valence-electron chi connectivity index (χ3n) is 4.65. The van der Waals surface area contributed by atoms with Crippen LogP contribution >= 0.6 is 31.9 Å². The molecule has 0 saturated carbocycles. The Morgan fingerprint density at radius 3 is 2.61 bits per heavy atom. The van der Waals surface area contributed by atoms with E-state index in [1.165, 1.54) is 17.8 Å². The highest BCUT2D eigenvalue weighted by Gasteiger charge is 2.19. The fraction of sp³-hybridized carbons (Fsp3) is 0.304. The van der Waals surface area contributed by atoms with Crippen LogP contribution in [-0.2, 0) is 4.79 Å². The van der Waals surface area contributed by atoms with Crippen molar-refractivity contribution in [1.82, 2.24) is 9.66 Å². The maximum Gasteiger partial charge on any atom is 0.344 e. The number of hydrogen-bond donors (Lipinski definition) is 1. The Kier molecular flexibility index (Phi) is 7.91. The molecule has 0 aliphatic carbocycles. The molecule has 0 spiro atoms. The van der Waals surface area contributed by atoms with Crippen LogP contribution in [0.1, 0.15) is 45.0 Å². The summed E-state index contributed by atoms with van der Waals surface area (Å²) in [7, 11) is 0. The zero-order chi connectivity index (χ0) is 24.3. The Bertz CT molecular complexity index is 1290. The molecule has 3 rings (SSSR count). The van der Waals surface area contributed by atoms with Gasteiger partial charge in [0, 0.05) is 10.4 Å². The molecule has 0 aliphatic heterocycles. The van der Waals surface area contributed by atoms with E-state index < -0.39 is 12.1 Å². The number of rotatable bonds is 8. The van der Waals surface area contributed by atoms with Crippen molar-refractivity contribution in [2.45, 2.75) is 39.7 Å². The maximum atomic E-state index is 13.2. The van der Waals surface area contributed by atoms with Gasteiger partial charge in [0.2, 0.25) is 0 Å². The standard InChI is InChI=1S/C23H23Br2N3O5/c1-5-32-19-9-14(8-17(25)20(19)33-13(4)23(30)31)11-26-28-21(12(2)3)27-18-7-6-15(24)10-16(18)22(28)29/h6-13H,5H2,1-4H3,(H,30,31)/t13-/m1/s1. The number of nitrogens with zero attached hydrogens (tertiary/aromatic N) is 3. The highest BCUT2D eigenvalue weighted by molar-refractivity contribution is 9.10. The van der Waals surface area contributed by atoms with Crippen LogP contribution in [0.5, 0.6) is 11.5 Å². The van der Waals surface area contributed by atoms with Gasteiger partial charge in [0.15, 0.2) is 17.6 Å². The van der Waals surface area contributed by atoms with Crippen molar-refractivity contribution in [3.8, 4) is 11.5 Å². The monoisotopic (exact) mass is 579 g/mol. The van der Waals surface area contributed by atoms with E-state index in [0.29, 0.717) is 39.1 Å². The van der Waals surface area contributed by atoms with Gasteiger partial charge in [0.1, 0.15) is 5.82 Å². The fourth-order valence-corrected chi connectivity index (χ4v) is 3.96. The number of fused-ring (bicyclic) bond motifs is 1. The van der Waals surface area contributed by atoms with Crippen LogP contribution in [0.2, 0.25) is 0 Å². The van der Waals surface area contributed by atoms with Gasteiger partial charge in [-0.1, -0.05) is 29.8 Å². The number of benzene rings is 2. The molecule has 8 nitrogen and oxygen atoms in total. The largest absolute Gasteiger partial charge is 0.490 e. The average molecular weight is 581 g/mol. The number of aromatic nitrogens is 2. The van der Waals surface area contributed by atoms with Gasteiger partial charge in [-0.05, 0) is 65.7 Å². The van der Waals surface area contributed by atoms with Crippen molar-refractivity contribution in [1.29, 1.82) is 0 Å². The van der Waals surface area contributed by atoms with Gasteiger partial charge in [-0.15, -0.1) is 0 Å². The number of hydrogen-bond acceptors (Lipinski definition) is 6.